The molecule has 0 spiro atoms. The lowest BCUT2D eigenvalue weighted by Crippen LogP contribution is -2.14. The van der Waals surface area contributed by atoms with Crippen LogP contribution in [0, 0.1) is 6.92 Å². The highest BCUT2D eigenvalue weighted by atomic mass is 35.5. The number of fused-ring (bicyclic) bond motifs is 1. The lowest BCUT2D eigenvalue weighted by molar-refractivity contribution is -0.137. The van der Waals surface area contributed by atoms with Gasteiger partial charge in [-0.15, -0.1) is 0 Å². The topological polar surface area (TPSA) is 51.1 Å². The Hall–Kier alpha value is -2.81. The highest BCUT2D eigenvalue weighted by Crippen LogP contribution is 2.33. The van der Waals surface area contributed by atoms with Crippen LogP contribution in [-0.4, -0.2) is 19.4 Å². The van der Waals surface area contributed by atoms with Gasteiger partial charge in [-0.25, -0.2) is 12.4 Å². The van der Waals surface area contributed by atoms with Crippen molar-refractivity contribution in [3.05, 3.63) is 99.7 Å². The van der Waals surface area contributed by atoms with Crippen molar-refractivity contribution in [2.24, 2.45) is 0 Å². The molecule has 0 radical (unpaired) electrons. The number of rotatable bonds is 6. The third kappa shape index (κ3) is 4.71. The van der Waals surface area contributed by atoms with Crippen LogP contribution >= 0.6 is 11.6 Å². The third-order valence-corrected chi connectivity index (χ3v) is 7.63. The molecule has 0 unspecified atom stereocenters. The van der Waals surface area contributed by atoms with Gasteiger partial charge in [0.15, 0.2) is 0 Å². The number of aromatic nitrogens is 1. The predicted molar refractivity (Wildman–Crippen MR) is 128 cm³/mol. The maximum absolute atomic E-state index is 13.5. The van der Waals surface area contributed by atoms with Gasteiger partial charge in [0.25, 0.3) is 10.0 Å². The predicted octanol–water partition coefficient (Wildman–Crippen LogP) is 6.17. The Labute approximate surface area is 201 Å². The fourth-order valence-corrected chi connectivity index (χ4v) is 5.65. The Morgan fingerprint density at radius 2 is 1.76 bits per heavy atom. The number of alkyl halides is 3. The molecular weight excluding hydrogens is 485 g/mol. The molecule has 0 aliphatic heterocycles. The first-order valence-corrected chi connectivity index (χ1v) is 12.3. The summed E-state index contributed by atoms with van der Waals surface area (Å²) in [5.74, 6) is 0. The Bertz CT molecular complexity index is 1480. The molecule has 178 valence electrons. The lowest BCUT2D eigenvalue weighted by Gasteiger charge is -2.12. The molecule has 0 aliphatic rings. The van der Waals surface area contributed by atoms with Crippen molar-refractivity contribution in [1.82, 2.24) is 9.29 Å². The van der Waals surface area contributed by atoms with E-state index >= 15 is 0 Å². The smallest absolute Gasteiger partial charge is 0.316 e. The molecule has 0 amide bonds. The molecule has 4 nitrogen and oxygen atoms in total. The second-order valence-corrected chi connectivity index (χ2v) is 10.4. The van der Waals surface area contributed by atoms with Crippen molar-refractivity contribution in [2.75, 3.05) is 7.05 Å². The summed E-state index contributed by atoms with van der Waals surface area (Å²) in [7, 11) is -2.55. The summed E-state index contributed by atoms with van der Waals surface area (Å²) < 4.78 is 67.6. The Morgan fingerprint density at radius 1 is 1.00 bits per heavy atom. The van der Waals surface area contributed by atoms with Gasteiger partial charge >= 0.3 is 6.18 Å². The molecule has 0 fully saturated rings. The van der Waals surface area contributed by atoms with E-state index in [1.165, 1.54) is 12.3 Å². The molecule has 4 rings (SSSR count). The summed E-state index contributed by atoms with van der Waals surface area (Å²) >= 11 is 6.38. The molecule has 1 N–H and O–H groups in total. The van der Waals surface area contributed by atoms with Crippen LogP contribution < -0.4 is 5.32 Å². The molecular formula is C25H22ClF3N2O2S. The fraction of sp³-hybridized carbons (Fsp3) is 0.200. The zero-order valence-corrected chi connectivity index (χ0v) is 20.0. The number of hydrogen-bond acceptors (Lipinski definition) is 3. The van der Waals surface area contributed by atoms with Crippen molar-refractivity contribution in [1.29, 1.82) is 0 Å². The van der Waals surface area contributed by atoms with E-state index in [1.54, 1.807) is 13.1 Å². The maximum atomic E-state index is 13.5. The minimum absolute atomic E-state index is 0.392. The van der Waals surface area contributed by atoms with Gasteiger partial charge in [0, 0.05) is 23.2 Å². The molecule has 4 aromatic rings. The third-order valence-electron chi connectivity index (χ3n) is 5.61. The largest absolute Gasteiger partial charge is 0.416 e. The van der Waals surface area contributed by atoms with E-state index in [4.69, 9.17) is 11.6 Å². The Kier molecular flexibility index (Phi) is 6.50. The first-order valence-electron chi connectivity index (χ1n) is 10.5. The van der Waals surface area contributed by atoms with Crippen LogP contribution in [0.4, 0.5) is 13.2 Å². The molecule has 0 atom stereocenters. The molecule has 34 heavy (non-hydrogen) atoms. The summed E-state index contributed by atoms with van der Waals surface area (Å²) in [6.45, 7) is 2.33. The summed E-state index contributed by atoms with van der Waals surface area (Å²) in [5, 5.41) is 4.31. The number of aryl methyl sites for hydroxylation is 1. The molecule has 0 saturated carbocycles. The van der Waals surface area contributed by atoms with Crippen molar-refractivity contribution in [3.8, 4) is 0 Å². The lowest BCUT2D eigenvalue weighted by atomic mass is 10.0. The molecule has 1 aromatic heterocycles. The molecule has 0 aliphatic carbocycles. The molecule has 9 heteroatoms. The van der Waals surface area contributed by atoms with Crippen LogP contribution in [0.2, 0.25) is 5.02 Å². The van der Waals surface area contributed by atoms with E-state index in [-0.39, 0.29) is 0 Å². The zero-order chi connectivity index (χ0) is 24.7. The van der Waals surface area contributed by atoms with Crippen LogP contribution in [-0.2, 0) is 29.2 Å². The minimum Gasteiger partial charge on any atom is -0.316 e. The van der Waals surface area contributed by atoms with Crippen molar-refractivity contribution >= 4 is 32.5 Å². The SMILES string of the molecule is CNCc1cn(S(=O)(=O)c2cccc(C(F)(F)F)c2)c2cc(Cc3ccc(C)cc3Cl)ccc12. The number of nitrogens with zero attached hydrogens (tertiary/aromatic N) is 1. The van der Waals surface area contributed by atoms with Gasteiger partial charge in [-0.2, -0.15) is 13.2 Å². The monoisotopic (exact) mass is 506 g/mol. The van der Waals surface area contributed by atoms with Crippen LogP contribution in [0.1, 0.15) is 27.8 Å². The second-order valence-electron chi connectivity index (χ2n) is 8.13. The number of hydrogen-bond donors (Lipinski definition) is 1. The van der Waals surface area contributed by atoms with Crippen LogP contribution in [0.3, 0.4) is 0 Å². The number of nitrogens with one attached hydrogen (secondary N) is 1. The maximum Gasteiger partial charge on any atom is 0.416 e. The van der Waals surface area contributed by atoms with Gasteiger partial charge < -0.3 is 5.32 Å². The average molecular weight is 507 g/mol. The second kappa shape index (κ2) is 9.09. The van der Waals surface area contributed by atoms with Crippen LogP contribution in [0.15, 0.2) is 71.8 Å². The average Bonchev–Trinajstić information content (AvgIpc) is 3.14. The van der Waals surface area contributed by atoms with Crippen molar-refractivity contribution in [2.45, 2.75) is 31.0 Å². The molecule has 3 aromatic carbocycles. The quantitative estimate of drug-likeness (QED) is 0.340. The molecule has 1 heterocycles. The number of halogens is 4. The van der Waals surface area contributed by atoms with Gasteiger partial charge in [0.2, 0.25) is 0 Å². The highest BCUT2D eigenvalue weighted by molar-refractivity contribution is 7.90. The van der Waals surface area contributed by atoms with E-state index in [9.17, 15) is 21.6 Å². The van der Waals surface area contributed by atoms with Crippen LogP contribution in [0.5, 0.6) is 0 Å². The van der Waals surface area contributed by atoms with Crippen LogP contribution in [0.25, 0.3) is 10.9 Å². The summed E-state index contributed by atoms with van der Waals surface area (Å²) in [6, 6.07) is 15.0. The Morgan fingerprint density at radius 3 is 2.44 bits per heavy atom. The normalized spacial score (nSPS) is 12.4. The van der Waals surface area contributed by atoms with Gasteiger partial charge in [-0.1, -0.05) is 41.9 Å². The first-order chi connectivity index (χ1) is 16.0. The minimum atomic E-state index is -4.65. The Balaban J connectivity index is 1.85. The van der Waals surface area contributed by atoms with Gasteiger partial charge in [-0.3, -0.25) is 0 Å². The molecule has 0 bridgehead atoms. The van der Waals surface area contributed by atoms with E-state index in [1.807, 2.05) is 37.3 Å². The fourth-order valence-electron chi connectivity index (χ4n) is 3.91. The van der Waals surface area contributed by atoms with Crippen molar-refractivity contribution < 1.29 is 21.6 Å². The summed E-state index contributed by atoms with van der Waals surface area (Å²) in [4.78, 5) is -0.429. The van der Waals surface area contributed by atoms with Gasteiger partial charge in [0.05, 0.1) is 16.0 Å². The van der Waals surface area contributed by atoms with Gasteiger partial charge in [0.1, 0.15) is 0 Å². The van der Waals surface area contributed by atoms with E-state index in [0.29, 0.717) is 40.5 Å². The zero-order valence-electron chi connectivity index (χ0n) is 18.4. The van der Waals surface area contributed by atoms with Gasteiger partial charge in [-0.05, 0) is 73.0 Å². The van der Waals surface area contributed by atoms with E-state index in [0.717, 1.165) is 32.8 Å². The standard InChI is InChI=1S/C25H22ClF3N2O2S/c1-16-6-8-18(23(26)10-16)11-17-7-9-22-19(14-30-2)15-31(24(22)12-17)34(32,33)21-5-3-4-20(13-21)25(27,28)29/h3-10,12-13,15,30H,11,14H2,1-2H3. The highest BCUT2D eigenvalue weighted by Gasteiger charge is 2.32. The van der Waals surface area contributed by atoms with E-state index < -0.39 is 26.7 Å². The molecule has 0 saturated heterocycles. The van der Waals surface area contributed by atoms with E-state index in [2.05, 4.69) is 5.32 Å². The summed E-state index contributed by atoms with van der Waals surface area (Å²) in [5.41, 5.74) is 2.84. The first kappa shape index (κ1) is 24.3. The van der Waals surface area contributed by atoms with Crippen molar-refractivity contribution in [3.63, 3.8) is 0 Å². The number of benzene rings is 3. The summed E-state index contributed by atoms with van der Waals surface area (Å²) in [6.07, 6.45) is -2.72.